The van der Waals surface area contributed by atoms with Gasteiger partial charge in [-0.25, -0.2) is 9.59 Å². The SMILES string of the molecule is CCOC(=O)c1noc([C@@H]2CN3CCC[C@@H]3C(C(C)(C)C)N2C(=O)O)n1. The number of ether oxygens (including phenoxy) is 1. The zero-order chi connectivity index (χ0) is 19.1. The van der Waals surface area contributed by atoms with Gasteiger partial charge >= 0.3 is 12.1 Å². The van der Waals surface area contributed by atoms with Crippen LogP contribution in [0.2, 0.25) is 0 Å². The highest BCUT2D eigenvalue weighted by atomic mass is 16.5. The minimum absolute atomic E-state index is 0.134. The Morgan fingerprint density at radius 2 is 2.12 bits per heavy atom. The van der Waals surface area contributed by atoms with E-state index in [1.54, 1.807) is 6.92 Å². The third-order valence-electron chi connectivity index (χ3n) is 5.11. The highest BCUT2D eigenvalue weighted by Gasteiger charge is 2.52. The summed E-state index contributed by atoms with van der Waals surface area (Å²) < 4.78 is 10.2. The highest BCUT2D eigenvalue weighted by molar-refractivity contribution is 5.84. The highest BCUT2D eigenvalue weighted by Crippen LogP contribution is 2.42. The largest absolute Gasteiger partial charge is 0.465 e. The number of carboxylic acid groups (broad SMARTS) is 1. The number of carbonyl (C=O) groups excluding carboxylic acids is 1. The van der Waals surface area contributed by atoms with Crippen LogP contribution >= 0.6 is 0 Å². The number of amides is 1. The number of carbonyl (C=O) groups is 2. The first kappa shape index (κ1) is 18.6. The molecule has 1 N–H and O–H groups in total. The summed E-state index contributed by atoms with van der Waals surface area (Å²) in [7, 11) is 0. The van der Waals surface area contributed by atoms with Gasteiger partial charge in [0.05, 0.1) is 12.6 Å². The Morgan fingerprint density at radius 3 is 2.73 bits per heavy atom. The van der Waals surface area contributed by atoms with Crippen molar-refractivity contribution in [3.63, 3.8) is 0 Å². The Morgan fingerprint density at radius 1 is 1.38 bits per heavy atom. The normalized spacial score (nSPS) is 26.6. The van der Waals surface area contributed by atoms with E-state index in [0.717, 1.165) is 19.4 Å². The molecule has 1 aromatic heterocycles. The summed E-state index contributed by atoms with van der Waals surface area (Å²) in [5.41, 5.74) is -0.256. The van der Waals surface area contributed by atoms with Crippen molar-refractivity contribution in [1.29, 1.82) is 0 Å². The fourth-order valence-electron chi connectivity index (χ4n) is 4.22. The molecule has 9 nitrogen and oxygen atoms in total. The number of aromatic nitrogens is 2. The van der Waals surface area contributed by atoms with Crippen LogP contribution in [0.1, 0.15) is 63.1 Å². The standard InChI is InChI=1S/C17H26N4O5/c1-5-25-15(22)13-18-14(26-19-13)11-9-20-8-6-7-10(20)12(17(2,3)4)21(11)16(23)24/h10-12H,5-9H2,1-4H3,(H,23,24)/t10-,11+,12?/m1/s1. The van der Waals surface area contributed by atoms with Gasteiger partial charge in [0.1, 0.15) is 6.04 Å². The van der Waals surface area contributed by atoms with Gasteiger partial charge in [0.15, 0.2) is 0 Å². The molecule has 0 spiro atoms. The van der Waals surface area contributed by atoms with Gasteiger partial charge in [-0.15, -0.1) is 0 Å². The van der Waals surface area contributed by atoms with Crippen LogP contribution in [0.4, 0.5) is 4.79 Å². The molecule has 0 radical (unpaired) electrons. The summed E-state index contributed by atoms with van der Waals surface area (Å²) in [5.74, 6) is -0.718. The summed E-state index contributed by atoms with van der Waals surface area (Å²) in [6, 6.07) is -0.643. The minimum Gasteiger partial charge on any atom is -0.465 e. The molecular formula is C17H26N4O5. The van der Waals surface area contributed by atoms with Crippen molar-refractivity contribution in [3.8, 4) is 0 Å². The van der Waals surface area contributed by atoms with E-state index in [0.29, 0.717) is 6.54 Å². The maximum atomic E-state index is 12.2. The fraction of sp³-hybridized carbons (Fsp3) is 0.765. The molecule has 0 saturated carbocycles. The van der Waals surface area contributed by atoms with Crippen molar-refractivity contribution in [1.82, 2.24) is 19.9 Å². The first-order valence-corrected chi connectivity index (χ1v) is 9.00. The smallest absolute Gasteiger partial charge is 0.408 e. The number of piperazine rings is 1. The predicted molar refractivity (Wildman–Crippen MR) is 90.7 cm³/mol. The Balaban J connectivity index is 1.97. The number of hydrogen-bond donors (Lipinski definition) is 1. The average molecular weight is 366 g/mol. The lowest BCUT2D eigenvalue weighted by molar-refractivity contribution is -0.0460. The van der Waals surface area contributed by atoms with Crippen LogP contribution in [0.25, 0.3) is 0 Å². The zero-order valence-electron chi connectivity index (χ0n) is 15.6. The number of rotatable bonds is 3. The van der Waals surface area contributed by atoms with Gasteiger partial charge in [0.25, 0.3) is 11.7 Å². The lowest BCUT2D eigenvalue weighted by atomic mass is 9.78. The van der Waals surface area contributed by atoms with E-state index in [2.05, 4.69) is 15.0 Å². The van der Waals surface area contributed by atoms with E-state index < -0.39 is 18.1 Å². The third-order valence-corrected chi connectivity index (χ3v) is 5.11. The third kappa shape index (κ3) is 3.27. The van der Waals surface area contributed by atoms with E-state index in [-0.39, 0.29) is 35.8 Å². The summed E-state index contributed by atoms with van der Waals surface area (Å²) in [4.78, 5) is 31.8. The minimum atomic E-state index is -1.02. The molecule has 9 heteroatoms. The van der Waals surface area contributed by atoms with Crippen molar-refractivity contribution in [2.45, 2.75) is 58.7 Å². The molecule has 1 aromatic rings. The molecule has 144 valence electrons. The molecule has 3 rings (SSSR count). The van der Waals surface area contributed by atoms with Crippen molar-refractivity contribution >= 4 is 12.1 Å². The van der Waals surface area contributed by atoms with Crippen molar-refractivity contribution < 1.29 is 24.0 Å². The van der Waals surface area contributed by atoms with Gasteiger partial charge < -0.3 is 14.4 Å². The van der Waals surface area contributed by atoms with Crippen LogP contribution in [0.3, 0.4) is 0 Å². The lowest BCUT2D eigenvalue weighted by Crippen LogP contribution is -2.64. The maximum absolute atomic E-state index is 12.2. The molecule has 2 fully saturated rings. The predicted octanol–water partition coefficient (Wildman–Crippen LogP) is 2.16. The molecule has 0 aromatic carbocycles. The van der Waals surface area contributed by atoms with Gasteiger partial charge in [-0.3, -0.25) is 9.80 Å². The summed E-state index contributed by atoms with van der Waals surface area (Å²) in [6.07, 6.45) is 0.989. The molecule has 2 aliphatic rings. The second kappa shape index (κ2) is 6.86. The van der Waals surface area contributed by atoms with Gasteiger partial charge in [0, 0.05) is 12.6 Å². The maximum Gasteiger partial charge on any atom is 0.408 e. The Labute approximate surface area is 152 Å². The monoisotopic (exact) mass is 366 g/mol. The van der Waals surface area contributed by atoms with Gasteiger partial charge in [0.2, 0.25) is 0 Å². The zero-order valence-corrected chi connectivity index (χ0v) is 15.6. The second-order valence-corrected chi connectivity index (χ2v) is 7.90. The Kier molecular flexibility index (Phi) is 4.92. The molecule has 1 unspecified atom stereocenters. The van der Waals surface area contributed by atoms with Crippen LogP contribution in [0.5, 0.6) is 0 Å². The van der Waals surface area contributed by atoms with E-state index in [4.69, 9.17) is 9.26 Å². The Hall–Kier alpha value is -2.16. The van der Waals surface area contributed by atoms with Crippen molar-refractivity contribution in [3.05, 3.63) is 11.7 Å². The second-order valence-electron chi connectivity index (χ2n) is 7.90. The van der Waals surface area contributed by atoms with Gasteiger partial charge in [-0.1, -0.05) is 20.8 Å². The number of esters is 1. The molecule has 0 aliphatic carbocycles. The van der Waals surface area contributed by atoms with E-state index in [1.807, 2.05) is 20.8 Å². The first-order chi connectivity index (χ1) is 12.2. The van der Waals surface area contributed by atoms with Crippen molar-refractivity contribution in [2.24, 2.45) is 5.41 Å². The Bertz CT molecular complexity index is 683. The molecule has 26 heavy (non-hydrogen) atoms. The molecule has 2 aliphatic heterocycles. The molecule has 2 saturated heterocycles. The summed E-state index contributed by atoms with van der Waals surface area (Å²) in [6.45, 7) is 9.43. The molecule has 1 amide bonds. The van der Waals surface area contributed by atoms with Crippen LogP contribution in [-0.4, -0.2) is 68.9 Å². The van der Waals surface area contributed by atoms with Crippen LogP contribution in [0.15, 0.2) is 4.52 Å². The van der Waals surface area contributed by atoms with Crippen molar-refractivity contribution in [2.75, 3.05) is 19.7 Å². The number of fused-ring (bicyclic) bond motifs is 1. The topological polar surface area (TPSA) is 109 Å². The van der Waals surface area contributed by atoms with Crippen LogP contribution in [0, 0.1) is 5.41 Å². The van der Waals surface area contributed by atoms with E-state index in [9.17, 15) is 14.7 Å². The quantitative estimate of drug-likeness (QED) is 0.811. The number of hydrogen-bond acceptors (Lipinski definition) is 7. The molecule has 3 heterocycles. The van der Waals surface area contributed by atoms with Crippen LogP contribution in [-0.2, 0) is 4.74 Å². The first-order valence-electron chi connectivity index (χ1n) is 9.00. The van der Waals surface area contributed by atoms with E-state index >= 15 is 0 Å². The van der Waals surface area contributed by atoms with Crippen LogP contribution < -0.4 is 0 Å². The van der Waals surface area contributed by atoms with E-state index in [1.165, 1.54) is 4.90 Å². The molecule has 3 atom stereocenters. The number of nitrogens with zero attached hydrogens (tertiary/aromatic N) is 4. The average Bonchev–Trinajstić information content (AvgIpc) is 3.21. The molecular weight excluding hydrogens is 340 g/mol. The van der Waals surface area contributed by atoms with Gasteiger partial charge in [-0.05, 0) is 36.9 Å². The summed E-state index contributed by atoms with van der Waals surface area (Å²) in [5, 5.41) is 13.6. The van der Waals surface area contributed by atoms with Gasteiger partial charge in [-0.2, -0.15) is 4.98 Å². The molecule has 0 bridgehead atoms. The summed E-state index contributed by atoms with van der Waals surface area (Å²) >= 11 is 0. The fourth-order valence-corrected chi connectivity index (χ4v) is 4.22. The lowest BCUT2D eigenvalue weighted by Gasteiger charge is -2.52.